The van der Waals surface area contributed by atoms with Gasteiger partial charge in [-0.05, 0) is 44.1 Å². The van der Waals surface area contributed by atoms with Crippen molar-refractivity contribution in [3.8, 4) is 0 Å². The number of thioether (sulfide) groups is 1. The molecule has 1 fully saturated rings. The van der Waals surface area contributed by atoms with Gasteiger partial charge in [-0.1, -0.05) is 11.6 Å². The van der Waals surface area contributed by atoms with Gasteiger partial charge in [0.15, 0.2) is 5.11 Å². The number of nitrogens with zero attached hydrogens (tertiary/aromatic N) is 1. The van der Waals surface area contributed by atoms with Crippen LogP contribution in [-0.4, -0.2) is 41.5 Å². The summed E-state index contributed by atoms with van der Waals surface area (Å²) in [6, 6.07) is 2.77. The predicted octanol–water partition coefficient (Wildman–Crippen LogP) is 3.43. The van der Waals surface area contributed by atoms with Crippen LogP contribution in [-0.2, 0) is 9.53 Å². The second-order valence-corrected chi connectivity index (χ2v) is 6.86. The molecule has 0 spiro atoms. The molecule has 0 amide bonds. The number of hydrazine groups is 1. The number of carbonyl (C=O) groups is 1. The number of thiocarbonyl (C=S) groups is 1. The molecular weight excluding hydrogens is 373 g/mol. The van der Waals surface area contributed by atoms with Gasteiger partial charge < -0.3 is 10.1 Å². The van der Waals surface area contributed by atoms with Crippen LogP contribution in [0, 0.1) is 5.82 Å². The summed E-state index contributed by atoms with van der Waals surface area (Å²) in [4.78, 5) is 12.0. The number of esters is 1. The minimum absolute atomic E-state index is 0.108. The Balaban J connectivity index is 2.04. The molecule has 0 aromatic heterocycles. The fraction of sp³-hybridized carbons (Fsp3) is 0.467. The molecule has 0 atom stereocenters. The Morgan fingerprint density at radius 1 is 1.54 bits per heavy atom. The minimum Gasteiger partial charge on any atom is -0.465 e. The number of carbonyl (C=O) groups excluding carboxylic acids is 1. The molecule has 2 N–H and O–H groups in total. The van der Waals surface area contributed by atoms with E-state index in [0.717, 1.165) is 25.9 Å². The van der Waals surface area contributed by atoms with Crippen LogP contribution >= 0.6 is 35.6 Å². The van der Waals surface area contributed by atoms with Crippen LogP contribution in [0.15, 0.2) is 17.0 Å². The average Bonchev–Trinajstić information content (AvgIpc) is 2.57. The summed E-state index contributed by atoms with van der Waals surface area (Å²) in [6.07, 6.45) is 2.11. The lowest BCUT2D eigenvalue weighted by Gasteiger charge is -2.30. The van der Waals surface area contributed by atoms with Crippen LogP contribution in [0.1, 0.15) is 19.8 Å². The molecule has 2 rings (SSSR count). The summed E-state index contributed by atoms with van der Waals surface area (Å²) in [5, 5.41) is 5.33. The highest BCUT2D eigenvalue weighted by Gasteiger charge is 2.16. The van der Waals surface area contributed by atoms with Crippen molar-refractivity contribution < 1.29 is 13.9 Å². The van der Waals surface area contributed by atoms with Crippen LogP contribution in [0.2, 0.25) is 5.02 Å². The van der Waals surface area contributed by atoms with E-state index in [9.17, 15) is 9.18 Å². The number of anilines is 1. The van der Waals surface area contributed by atoms with E-state index in [-0.39, 0.29) is 22.4 Å². The summed E-state index contributed by atoms with van der Waals surface area (Å²) in [6.45, 7) is 3.67. The van der Waals surface area contributed by atoms with Gasteiger partial charge in [0.2, 0.25) is 0 Å². The SMILES string of the molecule is CCOC(=O)CSc1cc(NC(=S)N2CCCCN2)c(F)cc1Cl. The summed E-state index contributed by atoms with van der Waals surface area (Å²) >= 11 is 12.6. The van der Waals surface area contributed by atoms with Gasteiger partial charge in [0.1, 0.15) is 5.82 Å². The zero-order valence-corrected chi connectivity index (χ0v) is 15.6. The Kier molecular flexibility index (Phi) is 7.54. The van der Waals surface area contributed by atoms with Crippen LogP contribution in [0.25, 0.3) is 0 Å². The molecule has 5 nitrogen and oxygen atoms in total. The second-order valence-electron chi connectivity index (χ2n) is 5.05. The maximum absolute atomic E-state index is 14.1. The van der Waals surface area contributed by atoms with Crippen LogP contribution in [0.5, 0.6) is 0 Å². The van der Waals surface area contributed by atoms with Crippen molar-refractivity contribution in [2.75, 3.05) is 30.8 Å². The van der Waals surface area contributed by atoms with Crippen molar-refractivity contribution in [1.82, 2.24) is 10.4 Å². The number of benzene rings is 1. The third-order valence-corrected chi connectivity index (χ3v) is 5.05. The molecular formula is C15H19ClFN3O2S2. The van der Waals surface area contributed by atoms with Crippen LogP contribution in [0.4, 0.5) is 10.1 Å². The fourth-order valence-electron chi connectivity index (χ4n) is 2.12. The van der Waals surface area contributed by atoms with E-state index < -0.39 is 5.82 Å². The van der Waals surface area contributed by atoms with Gasteiger partial charge in [-0.3, -0.25) is 9.80 Å². The van der Waals surface area contributed by atoms with E-state index in [2.05, 4.69) is 10.7 Å². The molecule has 132 valence electrons. The Bertz CT molecular complexity index is 613. The van der Waals surface area contributed by atoms with Crippen LogP contribution < -0.4 is 10.7 Å². The highest BCUT2D eigenvalue weighted by Crippen LogP contribution is 2.32. The lowest BCUT2D eigenvalue weighted by atomic mass is 10.3. The van der Waals surface area contributed by atoms with Crippen molar-refractivity contribution in [2.24, 2.45) is 0 Å². The molecule has 1 saturated heterocycles. The molecule has 1 aliphatic heterocycles. The Labute approximate surface area is 155 Å². The van der Waals surface area contributed by atoms with E-state index in [0.29, 0.717) is 16.6 Å². The first kappa shape index (κ1) is 19.2. The number of hydrogen-bond donors (Lipinski definition) is 2. The zero-order chi connectivity index (χ0) is 17.5. The molecule has 0 unspecified atom stereocenters. The normalized spacial score (nSPS) is 14.4. The number of ether oxygens (including phenoxy) is 1. The van der Waals surface area contributed by atoms with Gasteiger partial charge in [-0.15, -0.1) is 11.8 Å². The highest BCUT2D eigenvalue weighted by atomic mass is 35.5. The molecule has 1 aromatic rings. The summed E-state index contributed by atoms with van der Waals surface area (Å²) in [5.41, 5.74) is 3.38. The number of hydrogen-bond acceptors (Lipinski definition) is 5. The Hall–Kier alpha value is -1.09. The summed E-state index contributed by atoms with van der Waals surface area (Å²) in [7, 11) is 0. The van der Waals surface area contributed by atoms with Gasteiger partial charge in [0, 0.05) is 18.0 Å². The number of rotatable bonds is 5. The van der Waals surface area contributed by atoms with E-state index in [1.807, 2.05) is 0 Å². The third-order valence-electron chi connectivity index (χ3n) is 3.27. The smallest absolute Gasteiger partial charge is 0.316 e. The third kappa shape index (κ3) is 5.47. The zero-order valence-electron chi connectivity index (χ0n) is 13.2. The van der Waals surface area contributed by atoms with E-state index >= 15 is 0 Å². The lowest BCUT2D eigenvalue weighted by molar-refractivity contribution is -0.139. The molecule has 1 heterocycles. The predicted molar refractivity (Wildman–Crippen MR) is 98.9 cm³/mol. The van der Waals surface area contributed by atoms with Crippen molar-refractivity contribution in [1.29, 1.82) is 0 Å². The standard InChI is InChI=1S/C15H19ClFN3O2S2/c1-2-22-14(21)9-24-13-8-12(11(17)7-10(13)16)19-15(23)20-6-4-3-5-18-20/h7-8,18H,2-6,9H2,1H3,(H,19,23). The average molecular weight is 392 g/mol. The quantitative estimate of drug-likeness (QED) is 0.453. The molecule has 1 aliphatic rings. The molecule has 0 aliphatic carbocycles. The second kappa shape index (κ2) is 9.41. The van der Waals surface area contributed by atoms with E-state index in [1.165, 1.54) is 17.8 Å². The first-order valence-corrected chi connectivity index (χ1v) is 9.38. The largest absolute Gasteiger partial charge is 0.465 e. The Morgan fingerprint density at radius 3 is 3.00 bits per heavy atom. The molecule has 24 heavy (non-hydrogen) atoms. The highest BCUT2D eigenvalue weighted by molar-refractivity contribution is 8.00. The van der Waals surface area contributed by atoms with Gasteiger partial charge in [0.05, 0.1) is 23.1 Å². The van der Waals surface area contributed by atoms with Gasteiger partial charge >= 0.3 is 5.97 Å². The topological polar surface area (TPSA) is 53.6 Å². The van der Waals surface area contributed by atoms with Crippen molar-refractivity contribution in [2.45, 2.75) is 24.7 Å². The lowest BCUT2D eigenvalue weighted by Crippen LogP contribution is -2.48. The van der Waals surface area contributed by atoms with Crippen molar-refractivity contribution in [3.05, 3.63) is 23.0 Å². The summed E-state index contributed by atoms with van der Waals surface area (Å²) in [5.74, 6) is -0.734. The van der Waals surface area contributed by atoms with Crippen molar-refractivity contribution in [3.63, 3.8) is 0 Å². The molecule has 0 bridgehead atoms. The molecule has 1 aromatic carbocycles. The first-order chi connectivity index (χ1) is 11.5. The van der Waals surface area contributed by atoms with Crippen LogP contribution in [0.3, 0.4) is 0 Å². The molecule has 9 heteroatoms. The first-order valence-electron chi connectivity index (χ1n) is 7.60. The fourth-order valence-corrected chi connectivity index (χ4v) is 3.45. The van der Waals surface area contributed by atoms with Gasteiger partial charge in [0.25, 0.3) is 0 Å². The van der Waals surface area contributed by atoms with E-state index in [4.69, 9.17) is 28.6 Å². The van der Waals surface area contributed by atoms with Gasteiger partial charge in [-0.2, -0.15) is 0 Å². The monoisotopic (exact) mass is 391 g/mol. The maximum atomic E-state index is 14.1. The molecule has 0 radical (unpaired) electrons. The summed E-state index contributed by atoms with van der Waals surface area (Å²) < 4.78 is 19.0. The Morgan fingerprint density at radius 2 is 2.33 bits per heavy atom. The minimum atomic E-state index is -0.500. The maximum Gasteiger partial charge on any atom is 0.316 e. The van der Waals surface area contributed by atoms with Crippen molar-refractivity contribution >= 4 is 52.3 Å². The van der Waals surface area contributed by atoms with Gasteiger partial charge in [-0.25, -0.2) is 9.82 Å². The van der Waals surface area contributed by atoms with E-state index in [1.54, 1.807) is 18.0 Å². The number of nitrogens with one attached hydrogen (secondary N) is 2. The molecule has 0 saturated carbocycles. The number of halogens is 2.